The van der Waals surface area contributed by atoms with Gasteiger partial charge in [-0.3, -0.25) is 4.55 Å². The van der Waals surface area contributed by atoms with E-state index in [-0.39, 0.29) is 15.1 Å². The van der Waals surface area contributed by atoms with Gasteiger partial charge >= 0.3 is 16.3 Å². The van der Waals surface area contributed by atoms with Crippen molar-refractivity contribution in [1.29, 1.82) is 0 Å². The Balaban J connectivity index is 2.34. The van der Waals surface area contributed by atoms with E-state index >= 15 is 0 Å². The van der Waals surface area contributed by atoms with Gasteiger partial charge in [-0.1, -0.05) is 18.2 Å². The second-order valence-corrected chi connectivity index (χ2v) is 7.50. The number of thiophene rings is 1. The first-order chi connectivity index (χ1) is 9.59. The first kappa shape index (κ1) is 16.5. The quantitative estimate of drug-likeness (QED) is 0.778. The molecule has 0 amide bonds. The van der Waals surface area contributed by atoms with Crippen LogP contribution in [0.5, 0.6) is 0 Å². The highest BCUT2D eigenvalue weighted by Gasteiger charge is 2.30. The maximum absolute atomic E-state index is 12.6. The third-order valence-corrected chi connectivity index (χ3v) is 6.50. The molecule has 21 heavy (non-hydrogen) atoms. The maximum atomic E-state index is 12.6. The number of hydrogen-bond acceptors (Lipinski definition) is 3. The van der Waals surface area contributed by atoms with Gasteiger partial charge in [0, 0.05) is 0 Å². The van der Waals surface area contributed by atoms with Crippen molar-refractivity contribution < 1.29 is 26.1 Å². The first-order valence-electron chi connectivity index (χ1n) is 5.48. The Labute approximate surface area is 131 Å². The molecule has 0 fully saturated rings. The first-order valence-corrected chi connectivity index (χ1v) is 8.60. The van der Waals surface area contributed by atoms with Crippen molar-refractivity contribution in [2.45, 2.75) is 16.8 Å². The van der Waals surface area contributed by atoms with Crippen LogP contribution in [-0.2, 0) is 22.7 Å². The van der Waals surface area contributed by atoms with Gasteiger partial charge in [-0.15, -0.1) is 11.3 Å². The zero-order valence-electron chi connectivity index (χ0n) is 10.2. The molecule has 0 bridgehead atoms. The maximum Gasteiger partial charge on any atom is 0.416 e. The summed E-state index contributed by atoms with van der Waals surface area (Å²) in [5.74, 6) is 0. The highest BCUT2D eigenvalue weighted by Crippen LogP contribution is 2.34. The van der Waals surface area contributed by atoms with E-state index in [0.717, 1.165) is 23.5 Å². The van der Waals surface area contributed by atoms with Gasteiger partial charge in [0.2, 0.25) is 0 Å². The summed E-state index contributed by atoms with van der Waals surface area (Å²) in [7, 11) is -4.34. The van der Waals surface area contributed by atoms with E-state index in [1.165, 1.54) is 17.5 Å². The predicted molar refractivity (Wildman–Crippen MR) is 76.1 cm³/mol. The molecule has 0 aliphatic carbocycles. The molecule has 0 aliphatic rings. The fraction of sp³-hybridized carbons (Fsp3) is 0.167. The molecular weight excluding hydrogens is 393 g/mol. The summed E-state index contributed by atoms with van der Waals surface area (Å²) in [6.07, 6.45) is -4.31. The van der Waals surface area contributed by atoms with Crippen molar-refractivity contribution in [3.63, 3.8) is 0 Å². The van der Waals surface area contributed by atoms with E-state index in [2.05, 4.69) is 15.9 Å². The summed E-state index contributed by atoms with van der Waals surface area (Å²) in [4.78, 5) is 0. The number of hydrogen-bond donors (Lipinski definition) is 1. The van der Waals surface area contributed by atoms with Gasteiger partial charge in [0.05, 0.1) is 10.0 Å². The van der Waals surface area contributed by atoms with Crippen LogP contribution >= 0.6 is 27.3 Å². The van der Waals surface area contributed by atoms with Crippen molar-refractivity contribution in [3.8, 4) is 0 Å². The Bertz CT molecular complexity index is 766. The molecule has 0 unspecified atom stereocenters. The van der Waals surface area contributed by atoms with Crippen LogP contribution in [0.2, 0.25) is 0 Å². The van der Waals surface area contributed by atoms with Crippen LogP contribution in [0.4, 0.5) is 13.2 Å². The Morgan fingerprint density at radius 3 is 2.48 bits per heavy atom. The molecule has 0 aliphatic heterocycles. The summed E-state index contributed by atoms with van der Waals surface area (Å²) in [6, 6.07) is 4.79. The van der Waals surface area contributed by atoms with Gasteiger partial charge in [-0.25, -0.2) is 0 Å². The highest BCUT2D eigenvalue weighted by molar-refractivity contribution is 9.10. The fourth-order valence-corrected chi connectivity index (χ4v) is 4.70. The number of rotatable bonds is 3. The number of benzene rings is 1. The van der Waals surface area contributed by atoms with Crippen LogP contribution in [-0.4, -0.2) is 13.0 Å². The van der Waals surface area contributed by atoms with Crippen molar-refractivity contribution >= 4 is 37.4 Å². The van der Waals surface area contributed by atoms with Crippen LogP contribution in [0.1, 0.15) is 16.7 Å². The third kappa shape index (κ3) is 3.85. The van der Waals surface area contributed by atoms with Gasteiger partial charge in [0.25, 0.3) is 0 Å². The van der Waals surface area contributed by atoms with Crippen molar-refractivity contribution in [2.75, 3.05) is 0 Å². The van der Waals surface area contributed by atoms with Gasteiger partial charge < -0.3 is 0 Å². The second-order valence-electron chi connectivity index (χ2n) is 4.21. The number of halogens is 4. The monoisotopic (exact) mass is 400 g/mol. The van der Waals surface area contributed by atoms with Crippen LogP contribution in [0.15, 0.2) is 38.3 Å². The molecule has 2 aromatic rings. The molecule has 9 heteroatoms. The van der Waals surface area contributed by atoms with Crippen LogP contribution < -0.4 is 0 Å². The molecule has 3 nitrogen and oxygen atoms in total. The minimum absolute atomic E-state index is 0.122. The Kier molecular flexibility index (Phi) is 4.48. The Hall–Kier alpha value is -0.900. The van der Waals surface area contributed by atoms with Crippen molar-refractivity contribution in [1.82, 2.24) is 0 Å². The smallest absolute Gasteiger partial charge is 0.281 e. The van der Waals surface area contributed by atoms with E-state index in [1.807, 2.05) is 0 Å². The second kappa shape index (κ2) is 5.71. The van der Waals surface area contributed by atoms with Crippen molar-refractivity contribution in [3.05, 3.63) is 50.8 Å². The topological polar surface area (TPSA) is 54.4 Å². The van der Waals surface area contributed by atoms with Crippen LogP contribution in [0, 0.1) is 0 Å². The predicted octanol–water partition coefficient (Wildman–Crippen LogP) is 4.37. The van der Waals surface area contributed by atoms with Gasteiger partial charge in [0.1, 0.15) is 0 Å². The van der Waals surface area contributed by atoms with Crippen LogP contribution in [0.3, 0.4) is 0 Å². The average molecular weight is 401 g/mol. The van der Waals surface area contributed by atoms with E-state index < -0.39 is 21.9 Å². The molecule has 114 valence electrons. The van der Waals surface area contributed by atoms with Gasteiger partial charge in [-0.05, 0) is 44.9 Å². The molecule has 0 atom stereocenters. The fourth-order valence-electron chi connectivity index (χ4n) is 1.73. The van der Waals surface area contributed by atoms with E-state index in [0.29, 0.717) is 11.1 Å². The zero-order chi connectivity index (χ0) is 15.8. The molecule has 1 N–H and O–H groups in total. The molecular formula is C12H8BrF3O3S2. The Morgan fingerprint density at radius 2 is 1.95 bits per heavy atom. The van der Waals surface area contributed by atoms with Crippen molar-refractivity contribution in [2.24, 2.45) is 0 Å². The van der Waals surface area contributed by atoms with Gasteiger partial charge in [-0.2, -0.15) is 21.6 Å². The zero-order valence-corrected chi connectivity index (χ0v) is 13.4. The average Bonchev–Trinajstić information content (AvgIpc) is 2.70. The lowest BCUT2D eigenvalue weighted by Crippen LogP contribution is -2.05. The minimum Gasteiger partial charge on any atom is -0.281 e. The SMILES string of the molecule is O=S(=O)(O)c1scc(Cc2cccc(C(F)(F)F)c2)c1Br. The summed E-state index contributed by atoms with van der Waals surface area (Å²) in [6.45, 7) is 0. The minimum atomic E-state index is -4.43. The van der Waals surface area contributed by atoms with Gasteiger partial charge in [0.15, 0.2) is 4.21 Å². The van der Waals surface area contributed by atoms with Crippen LogP contribution in [0.25, 0.3) is 0 Å². The lowest BCUT2D eigenvalue weighted by Gasteiger charge is -2.08. The summed E-state index contributed by atoms with van der Waals surface area (Å²) in [5.41, 5.74) is 0.124. The largest absolute Gasteiger partial charge is 0.416 e. The molecule has 0 saturated carbocycles. The highest BCUT2D eigenvalue weighted by atomic mass is 79.9. The van der Waals surface area contributed by atoms with E-state index in [1.54, 1.807) is 0 Å². The summed E-state index contributed by atoms with van der Waals surface area (Å²) < 4.78 is 69.0. The summed E-state index contributed by atoms with van der Waals surface area (Å²) in [5, 5.41) is 1.48. The molecule has 0 spiro atoms. The van der Waals surface area contributed by atoms with E-state index in [4.69, 9.17) is 4.55 Å². The third-order valence-electron chi connectivity index (χ3n) is 2.65. The lowest BCUT2D eigenvalue weighted by molar-refractivity contribution is -0.137. The molecule has 0 radical (unpaired) electrons. The summed E-state index contributed by atoms with van der Waals surface area (Å²) >= 11 is 3.86. The molecule has 1 aromatic carbocycles. The Morgan fingerprint density at radius 1 is 1.29 bits per heavy atom. The molecule has 2 rings (SSSR count). The lowest BCUT2D eigenvalue weighted by atomic mass is 10.0. The molecule has 0 saturated heterocycles. The normalized spacial score (nSPS) is 12.6. The molecule has 1 heterocycles. The number of alkyl halides is 3. The van der Waals surface area contributed by atoms with E-state index in [9.17, 15) is 21.6 Å². The molecule has 1 aromatic heterocycles. The standard InChI is InChI=1S/C12H8BrF3O3S2/c13-10-8(6-20-11(10)21(17,18)19)4-7-2-1-3-9(5-7)12(14,15)16/h1-3,5-6H,4H2,(H,17,18,19).